The van der Waals surface area contributed by atoms with Gasteiger partial charge in [-0.25, -0.2) is 4.79 Å². The summed E-state index contributed by atoms with van der Waals surface area (Å²) < 4.78 is 0. The summed E-state index contributed by atoms with van der Waals surface area (Å²) in [5.41, 5.74) is 0.430. The monoisotopic (exact) mass is 341 g/mol. The summed E-state index contributed by atoms with van der Waals surface area (Å²) in [5.74, 6) is -0.787. The zero-order valence-corrected chi connectivity index (χ0v) is 12.9. The number of nitrogens with one attached hydrogen (secondary N) is 3. The maximum atomic E-state index is 12.1. The van der Waals surface area contributed by atoms with E-state index >= 15 is 0 Å². The number of rotatable bonds is 4. The van der Waals surface area contributed by atoms with Gasteiger partial charge in [-0.05, 0) is 30.5 Å². The fraction of sp³-hybridized carbons (Fsp3) is 0.357. The van der Waals surface area contributed by atoms with E-state index in [1.165, 1.54) is 0 Å². The molecule has 0 spiro atoms. The van der Waals surface area contributed by atoms with Crippen LogP contribution in [0.25, 0.3) is 0 Å². The molecule has 8 heteroatoms. The number of hydrogen-bond donors (Lipinski definition) is 3. The minimum Gasteiger partial charge on any atom is -0.347 e. The Bertz CT molecular complexity index is 673. The molecule has 0 radical (unpaired) electrons. The highest BCUT2D eigenvalue weighted by molar-refractivity contribution is 6.42. The maximum absolute atomic E-state index is 12.1. The van der Waals surface area contributed by atoms with E-state index in [1.807, 2.05) is 6.07 Å². The fourth-order valence-electron chi connectivity index (χ4n) is 2.51. The Balaban J connectivity index is 1.67. The predicted molar refractivity (Wildman–Crippen MR) is 80.6 cm³/mol. The van der Waals surface area contributed by atoms with Gasteiger partial charge < -0.3 is 10.6 Å². The summed E-state index contributed by atoms with van der Waals surface area (Å²) in [6.45, 7) is 0. The number of hydrogen-bond acceptors (Lipinski definition) is 3. The van der Waals surface area contributed by atoms with Crippen molar-refractivity contribution in [3.8, 4) is 0 Å². The van der Waals surface area contributed by atoms with Crippen molar-refractivity contribution in [2.45, 2.75) is 30.8 Å². The van der Waals surface area contributed by atoms with Crippen molar-refractivity contribution in [3.05, 3.63) is 33.8 Å². The lowest BCUT2D eigenvalue weighted by atomic mass is 10.0. The second-order valence-corrected chi connectivity index (χ2v) is 6.29. The molecule has 0 aromatic heterocycles. The molecule has 1 saturated carbocycles. The lowest BCUT2D eigenvalue weighted by molar-refractivity contribution is -0.127. The Labute approximate surface area is 136 Å². The lowest BCUT2D eigenvalue weighted by Gasteiger charge is -2.19. The number of carbonyl (C=O) groups is 3. The van der Waals surface area contributed by atoms with Crippen LogP contribution in [0.5, 0.6) is 0 Å². The van der Waals surface area contributed by atoms with Crippen LogP contribution in [0.1, 0.15) is 24.8 Å². The Hall–Kier alpha value is -1.79. The third kappa shape index (κ3) is 2.89. The number of benzene rings is 1. The highest BCUT2D eigenvalue weighted by atomic mass is 35.5. The van der Waals surface area contributed by atoms with Crippen LogP contribution in [0.3, 0.4) is 0 Å². The molecule has 1 atom stereocenters. The summed E-state index contributed by atoms with van der Waals surface area (Å²) in [7, 11) is 0. The summed E-state index contributed by atoms with van der Waals surface area (Å²) in [4.78, 5) is 34.6. The van der Waals surface area contributed by atoms with Gasteiger partial charge in [0.05, 0.1) is 22.0 Å². The number of urea groups is 1. The van der Waals surface area contributed by atoms with Crippen molar-refractivity contribution in [3.63, 3.8) is 0 Å². The van der Waals surface area contributed by atoms with Gasteiger partial charge in [-0.15, -0.1) is 0 Å². The van der Waals surface area contributed by atoms with E-state index in [0.29, 0.717) is 10.0 Å². The molecule has 3 N–H and O–H groups in total. The molecule has 0 unspecified atom stereocenters. The minimum atomic E-state index is -0.822. The Morgan fingerprint density at radius 3 is 2.55 bits per heavy atom. The molecule has 1 heterocycles. The van der Waals surface area contributed by atoms with Crippen LogP contribution in [0.2, 0.25) is 10.0 Å². The second-order valence-electron chi connectivity index (χ2n) is 5.48. The molecule has 1 aliphatic heterocycles. The smallest absolute Gasteiger partial charge is 0.322 e. The third-order valence-electron chi connectivity index (χ3n) is 3.85. The van der Waals surface area contributed by atoms with Crippen LogP contribution in [-0.2, 0) is 15.1 Å². The second kappa shape index (κ2) is 5.44. The molecule has 1 aromatic carbocycles. The first-order valence-corrected chi connectivity index (χ1v) is 7.53. The first-order chi connectivity index (χ1) is 10.4. The predicted octanol–water partition coefficient (Wildman–Crippen LogP) is 1.70. The largest absolute Gasteiger partial charge is 0.347 e. The van der Waals surface area contributed by atoms with Crippen LogP contribution < -0.4 is 16.0 Å². The molecular weight excluding hydrogens is 329 g/mol. The van der Waals surface area contributed by atoms with Crippen LogP contribution >= 0.6 is 23.2 Å². The Kier molecular flexibility index (Phi) is 3.74. The van der Waals surface area contributed by atoms with E-state index in [9.17, 15) is 14.4 Å². The van der Waals surface area contributed by atoms with Crippen molar-refractivity contribution in [1.82, 2.24) is 16.0 Å². The molecule has 2 fully saturated rings. The van der Waals surface area contributed by atoms with Crippen LogP contribution in [-0.4, -0.2) is 23.9 Å². The average molecular weight is 342 g/mol. The van der Waals surface area contributed by atoms with Gasteiger partial charge in [0.1, 0.15) is 6.04 Å². The number of carbonyl (C=O) groups excluding carboxylic acids is 3. The summed E-state index contributed by atoms with van der Waals surface area (Å²) in [5, 5.41) is 8.30. The maximum Gasteiger partial charge on any atom is 0.322 e. The van der Waals surface area contributed by atoms with E-state index in [2.05, 4.69) is 16.0 Å². The van der Waals surface area contributed by atoms with Gasteiger partial charge in [-0.2, -0.15) is 0 Å². The first-order valence-electron chi connectivity index (χ1n) is 6.77. The first kappa shape index (κ1) is 15.1. The highest BCUT2D eigenvalue weighted by Gasteiger charge is 2.46. The molecule has 1 aliphatic carbocycles. The Morgan fingerprint density at radius 1 is 1.27 bits per heavy atom. The molecule has 0 bridgehead atoms. The molecule has 22 heavy (non-hydrogen) atoms. The average Bonchev–Trinajstić information content (AvgIpc) is 3.14. The quantitative estimate of drug-likeness (QED) is 0.728. The zero-order chi connectivity index (χ0) is 15.9. The van der Waals surface area contributed by atoms with Gasteiger partial charge in [-0.3, -0.25) is 14.9 Å². The van der Waals surface area contributed by atoms with Gasteiger partial charge in [0, 0.05) is 0 Å². The van der Waals surface area contributed by atoms with E-state index in [0.717, 1.165) is 18.4 Å². The fourth-order valence-corrected chi connectivity index (χ4v) is 2.81. The summed E-state index contributed by atoms with van der Waals surface area (Å²) in [6, 6.07) is 3.86. The van der Waals surface area contributed by atoms with E-state index < -0.39 is 23.5 Å². The standard InChI is InChI=1S/C14H13Cl2N3O3/c15-8-2-1-7(5-9(8)16)14(3-4-14)19-11(20)6-10-12(21)18-13(22)17-10/h1-2,5,10H,3-4,6H2,(H,19,20)(H2,17,18,21,22)/t10-/m0/s1. The van der Waals surface area contributed by atoms with Gasteiger partial charge in [0.25, 0.3) is 5.91 Å². The van der Waals surface area contributed by atoms with Gasteiger partial charge in [0.2, 0.25) is 5.91 Å². The molecule has 3 rings (SSSR count). The molecule has 2 aliphatic rings. The third-order valence-corrected chi connectivity index (χ3v) is 4.59. The molecule has 1 saturated heterocycles. The van der Waals surface area contributed by atoms with E-state index in [1.54, 1.807) is 12.1 Å². The van der Waals surface area contributed by atoms with Crippen LogP contribution in [0, 0.1) is 0 Å². The van der Waals surface area contributed by atoms with Crippen molar-refractivity contribution >= 4 is 41.0 Å². The minimum absolute atomic E-state index is 0.0966. The van der Waals surface area contributed by atoms with Crippen molar-refractivity contribution in [2.24, 2.45) is 0 Å². The number of amides is 4. The molecule has 6 nitrogen and oxygen atoms in total. The topological polar surface area (TPSA) is 87.3 Å². The zero-order valence-electron chi connectivity index (χ0n) is 11.4. The van der Waals surface area contributed by atoms with Crippen LogP contribution in [0.15, 0.2) is 18.2 Å². The van der Waals surface area contributed by atoms with E-state index in [-0.39, 0.29) is 12.3 Å². The summed E-state index contributed by atoms with van der Waals surface area (Å²) in [6.07, 6.45) is 1.49. The Morgan fingerprint density at radius 2 is 2.00 bits per heavy atom. The van der Waals surface area contributed by atoms with Crippen molar-refractivity contribution < 1.29 is 14.4 Å². The lowest BCUT2D eigenvalue weighted by Crippen LogP contribution is -2.40. The van der Waals surface area contributed by atoms with Gasteiger partial charge in [0.15, 0.2) is 0 Å². The van der Waals surface area contributed by atoms with Crippen molar-refractivity contribution in [1.29, 1.82) is 0 Å². The summed E-state index contributed by atoms with van der Waals surface area (Å²) >= 11 is 11.9. The van der Waals surface area contributed by atoms with E-state index in [4.69, 9.17) is 23.2 Å². The SMILES string of the molecule is O=C(C[C@@H]1NC(=O)NC1=O)NC1(c2ccc(Cl)c(Cl)c2)CC1. The van der Waals surface area contributed by atoms with Gasteiger partial charge in [-0.1, -0.05) is 29.3 Å². The van der Waals surface area contributed by atoms with Gasteiger partial charge >= 0.3 is 6.03 Å². The van der Waals surface area contributed by atoms with Crippen LogP contribution in [0.4, 0.5) is 4.79 Å². The molecule has 1 aromatic rings. The normalized spacial score (nSPS) is 22.0. The highest BCUT2D eigenvalue weighted by Crippen LogP contribution is 2.46. The number of halogens is 2. The number of imide groups is 1. The molecule has 116 valence electrons. The van der Waals surface area contributed by atoms with Crippen molar-refractivity contribution in [2.75, 3.05) is 0 Å². The molecular formula is C14H13Cl2N3O3. The molecule has 4 amide bonds.